The smallest absolute Gasteiger partial charge is 0.224 e. The van der Waals surface area contributed by atoms with Gasteiger partial charge in [0.1, 0.15) is 5.82 Å². The summed E-state index contributed by atoms with van der Waals surface area (Å²) in [6, 6.07) is 0. The highest BCUT2D eigenvalue weighted by Crippen LogP contribution is 2.26. The number of halogens is 1. The summed E-state index contributed by atoms with van der Waals surface area (Å²) in [6.45, 7) is 4.22. The van der Waals surface area contributed by atoms with Crippen molar-refractivity contribution >= 4 is 27.7 Å². The van der Waals surface area contributed by atoms with Crippen LogP contribution >= 0.6 is 15.9 Å². The first kappa shape index (κ1) is 14.8. The molecule has 20 heavy (non-hydrogen) atoms. The predicted octanol–water partition coefficient (Wildman–Crippen LogP) is 4.26. The molecule has 1 aromatic heterocycles. The summed E-state index contributed by atoms with van der Waals surface area (Å²) in [6.07, 6.45) is 10.4. The molecule has 0 radical (unpaired) electrons. The zero-order valence-electron chi connectivity index (χ0n) is 12.0. The molecule has 2 N–H and O–H groups in total. The number of rotatable bonds is 4. The Morgan fingerprint density at radius 1 is 1.45 bits per heavy atom. The number of aromatic nitrogens is 2. The Morgan fingerprint density at radius 2 is 2.25 bits per heavy atom. The van der Waals surface area contributed by atoms with Gasteiger partial charge >= 0.3 is 0 Å². The summed E-state index contributed by atoms with van der Waals surface area (Å²) in [4.78, 5) is 8.56. The molecule has 0 bridgehead atoms. The predicted molar refractivity (Wildman–Crippen MR) is 87.7 cm³/mol. The second-order valence-electron chi connectivity index (χ2n) is 4.60. The zero-order chi connectivity index (χ0) is 14.5. The number of allylic oxidation sites excluding steroid dienone is 5. The van der Waals surface area contributed by atoms with E-state index >= 15 is 0 Å². The summed E-state index contributed by atoms with van der Waals surface area (Å²) >= 11 is 3.47. The van der Waals surface area contributed by atoms with Crippen LogP contribution in [0.2, 0.25) is 0 Å². The molecule has 0 amide bonds. The van der Waals surface area contributed by atoms with Crippen molar-refractivity contribution in [2.75, 3.05) is 17.7 Å². The van der Waals surface area contributed by atoms with Crippen molar-refractivity contribution in [3.63, 3.8) is 0 Å². The highest BCUT2D eigenvalue weighted by molar-refractivity contribution is 9.10. The number of nitrogens with one attached hydrogen (secondary N) is 2. The molecule has 106 valence electrons. The Balaban J connectivity index is 2.22. The van der Waals surface area contributed by atoms with E-state index in [1.807, 2.05) is 0 Å². The van der Waals surface area contributed by atoms with Gasteiger partial charge in [-0.1, -0.05) is 17.7 Å². The number of nitrogens with zero attached hydrogens (tertiary/aromatic N) is 2. The molecule has 1 aliphatic rings. The van der Waals surface area contributed by atoms with Crippen LogP contribution in [0, 0.1) is 0 Å². The lowest BCUT2D eigenvalue weighted by atomic mass is 9.97. The summed E-state index contributed by atoms with van der Waals surface area (Å²) in [5.41, 5.74) is 3.78. The first-order valence-corrected chi connectivity index (χ1v) is 7.44. The van der Waals surface area contributed by atoms with Crippen LogP contribution in [0.15, 0.2) is 45.7 Å². The van der Waals surface area contributed by atoms with Crippen LogP contribution in [0.25, 0.3) is 0 Å². The summed E-state index contributed by atoms with van der Waals surface area (Å²) in [5.74, 6) is 1.37. The van der Waals surface area contributed by atoms with Crippen LogP contribution in [0.3, 0.4) is 0 Å². The molecule has 0 unspecified atom stereocenters. The lowest BCUT2D eigenvalue weighted by Gasteiger charge is -2.16. The van der Waals surface area contributed by atoms with E-state index in [0.717, 1.165) is 28.8 Å². The number of anilines is 2. The van der Waals surface area contributed by atoms with Gasteiger partial charge in [-0.25, -0.2) is 4.98 Å². The van der Waals surface area contributed by atoms with Gasteiger partial charge in [0.2, 0.25) is 5.95 Å². The molecule has 0 aliphatic heterocycles. The minimum atomic E-state index is 0.598. The van der Waals surface area contributed by atoms with E-state index in [1.54, 1.807) is 13.2 Å². The lowest BCUT2D eigenvalue weighted by Crippen LogP contribution is -2.06. The lowest BCUT2D eigenvalue weighted by molar-refractivity contribution is 0.950. The molecule has 0 spiro atoms. The van der Waals surface area contributed by atoms with E-state index in [-0.39, 0.29) is 0 Å². The summed E-state index contributed by atoms with van der Waals surface area (Å²) in [5, 5.41) is 6.29. The molecule has 5 heteroatoms. The minimum absolute atomic E-state index is 0.598. The van der Waals surface area contributed by atoms with Gasteiger partial charge in [0.15, 0.2) is 0 Å². The Morgan fingerprint density at radius 3 is 2.95 bits per heavy atom. The normalized spacial score (nSPS) is 15.5. The monoisotopic (exact) mass is 334 g/mol. The first-order valence-electron chi connectivity index (χ1n) is 6.65. The zero-order valence-corrected chi connectivity index (χ0v) is 13.6. The average molecular weight is 335 g/mol. The second-order valence-corrected chi connectivity index (χ2v) is 5.46. The van der Waals surface area contributed by atoms with Gasteiger partial charge in [-0.05, 0) is 54.3 Å². The van der Waals surface area contributed by atoms with Crippen LogP contribution in [-0.4, -0.2) is 17.0 Å². The van der Waals surface area contributed by atoms with Crippen molar-refractivity contribution in [2.45, 2.75) is 26.7 Å². The maximum Gasteiger partial charge on any atom is 0.224 e. The van der Waals surface area contributed by atoms with E-state index in [4.69, 9.17) is 0 Å². The molecular formula is C15H19BrN4. The van der Waals surface area contributed by atoms with E-state index in [1.165, 1.54) is 11.1 Å². The number of hydrogen-bond donors (Lipinski definition) is 2. The largest absolute Gasteiger partial charge is 0.357 e. The van der Waals surface area contributed by atoms with Crippen LogP contribution in [0.4, 0.5) is 11.8 Å². The van der Waals surface area contributed by atoms with Crippen LogP contribution < -0.4 is 10.6 Å². The van der Waals surface area contributed by atoms with Crippen LogP contribution in [-0.2, 0) is 0 Å². The fourth-order valence-electron chi connectivity index (χ4n) is 2.00. The molecule has 0 aromatic carbocycles. The van der Waals surface area contributed by atoms with Crippen molar-refractivity contribution in [1.29, 1.82) is 0 Å². The SMILES string of the molecule is C/C=C(\C)C1=CC(Nc2nc(NC)ncc2Br)=CCC1. The maximum absolute atomic E-state index is 4.41. The fourth-order valence-corrected chi connectivity index (χ4v) is 2.29. The summed E-state index contributed by atoms with van der Waals surface area (Å²) < 4.78 is 0.848. The molecule has 4 nitrogen and oxygen atoms in total. The van der Waals surface area contributed by atoms with Gasteiger partial charge in [-0.15, -0.1) is 0 Å². The molecule has 0 atom stereocenters. The number of hydrogen-bond acceptors (Lipinski definition) is 4. The molecule has 1 aliphatic carbocycles. The Labute approximate surface area is 128 Å². The highest BCUT2D eigenvalue weighted by Gasteiger charge is 2.10. The highest BCUT2D eigenvalue weighted by atomic mass is 79.9. The van der Waals surface area contributed by atoms with Gasteiger partial charge in [0.05, 0.1) is 4.47 Å². The third-order valence-corrected chi connectivity index (χ3v) is 3.86. The van der Waals surface area contributed by atoms with E-state index in [9.17, 15) is 0 Å². The molecule has 0 saturated carbocycles. The topological polar surface area (TPSA) is 49.8 Å². The first-order chi connectivity index (χ1) is 9.63. The maximum atomic E-state index is 4.41. The van der Waals surface area contributed by atoms with Gasteiger partial charge in [0, 0.05) is 18.9 Å². The molecule has 0 fully saturated rings. The van der Waals surface area contributed by atoms with Gasteiger partial charge in [-0.3, -0.25) is 0 Å². The van der Waals surface area contributed by atoms with Crippen molar-refractivity contribution in [2.24, 2.45) is 0 Å². The Bertz CT molecular complexity index is 588. The van der Waals surface area contributed by atoms with Gasteiger partial charge in [0.25, 0.3) is 0 Å². The van der Waals surface area contributed by atoms with Crippen molar-refractivity contribution in [3.05, 3.63) is 45.7 Å². The van der Waals surface area contributed by atoms with E-state index in [0.29, 0.717) is 5.95 Å². The average Bonchev–Trinajstić information content (AvgIpc) is 2.49. The standard InChI is InChI=1S/C15H19BrN4/c1-4-10(2)11-6-5-7-12(8-11)19-14-13(16)9-18-15(17-3)20-14/h4,7-9H,5-6H2,1-3H3,(H2,17,18,19,20)/b10-4+. The van der Waals surface area contributed by atoms with Crippen molar-refractivity contribution in [1.82, 2.24) is 9.97 Å². The van der Waals surface area contributed by atoms with Crippen molar-refractivity contribution < 1.29 is 0 Å². The third kappa shape index (κ3) is 3.48. The molecular weight excluding hydrogens is 316 g/mol. The molecule has 1 aromatic rings. The molecule has 2 rings (SSSR count). The molecule has 1 heterocycles. The fraction of sp³-hybridized carbons (Fsp3) is 0.333. The third-order valence-electron chi connectivity index (χ3n) is 3.28. The minimum Gasteiger partial charge on any atom is -0.357 e. The van der Waals surface area contributed by atoms with Crippen LogP contribution in [0.1, 0.15) is 26.7 Å². The van der Waals surface area contributed by atoms with Gasteiger partial charge < -0.3 is 10.6 Å². The molecule has 0 saturated heterocycles. The van der Waals surface area contributed by atoms with E-state index < -0.39 is 0 Å². The summed E-state index contributed by atoms with van der Waals surface area (Å²) in [7, 11) is 1.81. The van der Waals surface area contributed by atoms with Gasteiger partial charge in [-0.2, -0.15) is 4.98 Å². The Kier molecular flexibility index (Phi) is 4.95. The van der Waals surface area contributed by atoms with E-state index in [2.05, 4.69) is 68.6 Å². The van der Waals surface area contributed by atoms with Crippen LogP contribution in [0.5, 0.6) is 0 Å². The quantitative estimate of drug-likeness (QED) is 0.863. The van der Waals surface area contributed by atoms with Crippen molar-refractivity contribution in [3.8, 4) is 0 Å². The Hall–Kier alpha value is -1.62. The second kappa shape index (κ2) is 6.70.